The average molecular weight is 321 g/mol. The van der Waals surface area contributed by atoms with Crippen molar-refractivity contribution in [1.29, 1.82) is 0 Å². The van der Waals surface area contributed by atoms with Crippen LogP contribution in [-0.2, 0) is 20.7 Å². The van der Waals surface area contributed by atoms with Crippen LogP contribution in [-0.4, -0.2) is 43.3 Å². The molecule has 2 rings (SSSR count). The molecule has 0 bridgehead atoms. The van der Waals surface area contributed by atoms with Gasteiger partial charge in [0.2, 0.25) is 5.91 Å². The van der Waals surface area contributed by atoms with Gasteiger partial charge in [0.1, 0.15) is 5.75 Å². The Morgan fingerprint density at radius 3 is 2.57 bits per heavy atom. The van der Waals surface area contributed by atoms with Gasteiger partial charge in [0.25, 0.3) is 0 Å². The van der Waals surface area contributed by atoms with E-state index in [4.69, 9.17) is 14.6 Å². The highest BCUT2D eigenvalue weighted by molar-refractivity contribution is 5.76. The number of rotatable bonds is 8. The average Bonchev–Trinajstić information content (AvgIpc) is 2.55. The van der Waals surface area contributed by atoms with E-state index in [1.807, 2.05) is 12.1 Å². The zero-order chi connectivity index (χ0) is 16.5. The largest absolute Gasteiger partial charge is 0.482 e. The molecule has 2 N–H and O–H groups in total. The molecular weight excluding hydrogens is 298 g/mol. The van der Waals surface area contributed by atoms with Crippen LogP contribution in [0.3, 0.4) is 0 Å². The van der Waals surface area contributed by atoms with E-state index in [-0.39, 0.29) is 12.5 Å². The number of nitrogens with one attached hydrogen (secondary N) is 1. The zero-order valence-electron chi connectivity index (χ0n) is 13.1. The fourth-order valence-corrected chi connectivity index (χ4v) is 2.53. The van der Waals surface area contributed by atoms with Gasteiger partial charge in [0.15, 0.2) is 6.61 Å². The van der Waals surface area contributed by atoms with Crippen molar-refractivity contribution in [3.63, 3.8) is 0 Å². The number of carboxylic acids is 1. The van der Waals surface area contributed by atoms with Gasteiger partial charge in [-0.2, -0.15) is 0 Å². The van der Waals surface area contributed by atoms with Gasteiger partial charge in [-0.1, -0.05) is 12.1 Å². The molecule has 1 amide bonds. The highest BCUT2D eigenvalue weighted by Crippen LogP contribution is 2.18. The van der Waals surface area contributed by atoms with Crippen LogP contribution in [0, 0.1) is 5.92 Å². The Morgan fingerprint density at radius 1 is 1.22 bits per heavy atom. The number of amides is 1. The van der Waals surface area contributed by atoms with Crippen molar-refractivity contribution in [1.82, 2.24) is 5.32 Å². The summed E-state index contributed by atoms with van der Waals surface area (Å²) in [5, 5.41) is 11.5. The van der Waals surface area contributed by atoms with Crippen LogP contribution in [0.25, 0.3) is 0 Å². The number of aliphatic carboxylic acids is 1. The van der Waals surface area contributed by atoms with Crippen molar-refractivity contribution in [2.45, 2.75) is 25.7 Å². The van der Waals surface area contributed by atoms with Crippen molar-refractivity contribution >= 4 is 11.9 Å². The third-order valence-corrected chi connectivity index (χ3v) is 3.84. The molecule has 1 fully saturated rings. The fourth-order valence-electron chi connectivity index (χ4n) is 2.53. The molecule has 6 heteroatoms. The number of carbonyl (C=O) groups is 2. The number of carboxylic acid groups (broad SMARTS) is 1. The molecule has 1 aliphatic rings. The monoisotopic (exact) mass is 321 g/mol. The molecule has 0 unspecified atom stereocenters. The van der Waals surface area contributed by atoms with Crippen molar-refractivity contribution in [3.8, 4) is 5.75 Å². The predicted molar refractivity (Wildman–Crippen MR) is 84.4 cm³/mol. The van der Waals surface area contributed by atoms with Crippen LogP contribution in [0.15, 0.2) is 24.3 Å². The Labute approximate surface area is 135 Å². The van der Waals surface area contributed by atoms with E-state index < -0.39 is 5.97 Å². The molecule has 1 aromatic rings. The Bertz CT molecular complexity index is 508. The Morgan fingerprint density at radius 2 is 1.91 bits per heavy atom. The van der Waals surface area contributed by atoms with E-state index in [1.165, 1.54) is 0 Å². The van der Waals surface area contributed by atoms with Gasteiger partial charge in [-0.05, 0) is 42.9 Å². The molecule has 0 spiro atoms. The van der Waals surface area contributed by atoms with E-state index >= 15 is 0 Å². The lowest BCUT2D eigenvalue weighted by molar-refractivity contribution is -0.139. The summed E-state index contributed by atoms with van der Waals surface area (Å²) in [5.41, 5.74) is 1.07. The molecule has 23 heavy (non-hydrogen) atoms. The summed E-state index contributed by atoms with van der Waals surface area (Å²) in [6, 6.07) is 7.23. The first-order valence-corrected chi connectivity index (χ1v) is 7.91. The minimum atomic E-state index is -0.999. The molecule has 1 saturated heterocycles. The van der Waals surface area contributed by atoms with Gasteiger partial charge in [0, 0.05) is 26.2 Å². The number of benzene rings is 1. The van der Waals surface area contributed by atoms with Crippen LogP contribution in [0.5, 0.6) is 5.75 Å². The maximum Gasteiger partial charge on any atom is 0.341 e. The highest BCUT2D eigenvalue weighted by Gasteiger charge is 2.16. The third-order valence-electron chi connectivity index (χ3n) is 3.84. The molecule has 0 saturated carbocycles. The number of carbonyl (C=O) groups excluding carboxylic acids is 1. The minimum absolute atomic E-state index is 0.0957. The number of hydrogen-bond acceptors (Lipinski definition) is 4. The van der Waals surface area contributed by atoms with E-state index in [9.17, 15) is 9.59 Å². The lowest BCUT2D eigenvalue weighted by Crippen LogP contribution is -2.29. The first kappa shape index (κ1) is 17.3. The number of ether oxygens (including phenoxy) is 2. The van der Waals surface area contributed by atoms with E-state index in [0.29, 0.717) is 24.6 Å². The fraction of sp³-hybridized carbons (Fsp3) is 0.529. The summed E-state index contributed by atoms with van der Waals surface area (Å²) in [5.74, 6) is 0.0637. The van der Waals surface area contributed by atoms with Crippen LogP contribution < -0.4 is 10.1 Å². The summed E-state index contributed by atoms with van der Waals surface area (Å²) in [6.45, 7) is 1.77. The molecule has 0 radical (unpaired) electrons. The first-order chi connectivity index (χ1) is 11.1. The SMILES string of the molecule is O=C(O)COc1ccc(CCNC(=O)CC2CCOCC2)cc1. The standard InChI is InChI=1S/C17H23NO5/c19-16(11-14-6-9-22-10-7-14)18-8-5-13-1-3-15(4-2-13)23-12-17(20)21/h1-4,14H,5-12H2,(H,18,19)(H,20,21). The maximum atomic E-state index is 11.9. The molecule has 1 aliphatic heterocycles. The molecule has 6 nitrogen and oxygen atoms in total. The molecule has 1 heterocycles. The summed E-state index contributed by atoms with van der Waals surface area (Å²) in [4.78, 5) is 22.3. The molecule has 0 aliphatic carbocycles. The quantitative estimate of drug-likeness (QED) is 0.760. The smallest absolute Gasteiger partial charge is 0.341 e. The lowest BCUT2D eigenvalue weighted by Gasteiger charge is -2.21. The second kappa shape index (κ2) is 9.15. The number of hydrogen-bond donors (Lipinski definition) is 2. The van der Waals surface area contributed by atoms with Crippen LogP contribution in [0.1, 0.15) is 24.8 Å². The van der Waals surface area contributed by atoms with Gasteiger partial charge >= 0.3 is 5.97 Å². The summed E-state index contributed by atoms with van der Waals surface area (Å²) in [7, 11) is 0. The zero-order valence-corrected chi connectivity index (χ0v) is 13.1. The normalized spacial score (nSPS) is 15.1. The van der Waals surface area contributed by atoms with Crippen molar-refractivity contribution in [3.05, 3.63) is 29.8 Å². The molecule has 1 aromatic carbocycles. The molecule has 0 atom stereocenters. The Kier molecular flexibility index (Phi) is 6.87. The van der Waals surface area contributed by atoms with Gasteiger partial charge < -0.3 is 19.9 Å². The van der Waals surface area contributed by atoms with Gasteiger partial charge in [-0.25, -0.2) is 4.79 Å². The third kappa shape index (κ3) is 6.69. The lowest BCUT2D eigenvalue weighted by atomic mass is 9.96. The van der Waals surface area contributed by atoms with Crippen LogP contribution in [0.4, 0.5) is 0 Å². The van der Waals surface area contributed by atoms with Gasteiger partial charge in [0.05, 0.1) is 0 Å². The van der Waals surface area contributed by atoms with Crippen molar-refractivity contribution < 1.29 is 24.2 Å². The molecule has 0 aromatic heterocycles. The first-order valence-electron chi connectivity index (χ1n) is 7.91. The van der Waals surface area contributed by atoms with E-state index in [1.54, 1.807) is 12.1 Å². The second-order valence-corrected chi connectivity index (χ2v) is 5.69. The van der Waals surface area contributed by atoms with Crippen molar-refractivity contribution in [2.75, 3.05) is 26.4 Å². The van der Waals surface area contributed by atoms with Gasteiger partial charge in [-0.15, -0.1) is 0 Å². The summed E-state index contributed by atoms with van der Waals surface area (Å²) in [6.07, 6.45) is 3.24. The van der Waals surface area contributed by atoms with Crippen LogP contribution in [0.2, 0.25) is 0 Å². The molecule has 126 valence electrons. The van der Waals surface area contributed by atoms with E-state index in [2.05, 4.69) is 5.32 Å². The second-order valence-electron chi connectivity index (χ2n) is 5.69. The topological polar surface area (TPSA) is 84.9 Å². The van der Waals surface area contributed by atoms with Crippen LogP contribution >= 0.6 is 0 Å². The van der Waals surface area contributed by atoms with E-state index in [0.717, 1.165) is 38.0 Å². The summed E-state index contributed by atoms with van der Waals surface area (Å²) >= 11 is 0. The Balaban J connectivity index is 1.65. The maximum absolute atomic E-state index is 11.9. The molecular formula is C17H23NO5. The van der Waals surface area contributed by atoms with Gasteiger partial charge in [-0.3, -0.25) is 4.79 Å². The summed E-state index contributed by atoms with van der Waals surface area (Å²) < 4.78 is 10.4. The van der Waals surface area contributed by atoms with Crippen molar-refractivity contribution in [2.24, 2.45) is 5.92 Å². The predicted octanol–water partition coefficient (Wildman–Crippen LogP) is 1.63. The minimum Gasteiger partial charge on any atom is -0.482 e. The Hall–Kier alpha value is -2.08. The highest BCUT2D eigenvalue weighted by atomic mass is 16.5.